The Bertz CT molecular complexity index is 644. The first-order chi connectivity index (χ1) is 14.5. The van der Waals surface area contributed by atoms with Gasteiger partial charge in [0.25, 0.3) is 0 Å². The molecule has 3 amide bonds. The Labute approximate surface area is 185 Å². The first-order valence-corrected chi connectivity index (χ1v) is 11.0. The van der Waals surface area contributed by atoms with Gasteiger partial charge in [-0.3, -0.25) is 24.2 Å². The fourth-order valence-electron chi connectivity index (χ4n) is 2.27. The number of nitrogens with one attached hydrogen (secondary N) is 3. The smallest absolute Gasteiger partial charge is 0.325 e. The van der Waals surface area contributed by atoms with Gasteiger partial charge in [-0.05, 0) is 38.2 Å². The van der Waals surface area contributed by atoms with Crippen molar-refractivity contribution in [1.82, 2.24) is 16.0 Å². The summed E-state index contributed by atoms with van der Waals surface area (Å²) in [5, 5.41) is 25.5. The molecule has 178 valence electrons. The predicted molar refractivity (Wildman–Crippen MR) is 117 cm³/mol. The SMILES string of the molecule is CSCCC(N)C(=O)NC(CO)C(=O)NC(CCCN=C(N)N)C(=O)NC(C)C(=O)O. The monoisotopic (exact) mass is 463 g/mol. The molecule has 4 unspecified atom stereocenters. The number of rotatable bonds is 15. The molecule has 0 rings (SSSR count). The quantitative estimate of drug-likeness (QED) is 0.0683. The van der Waals surface area contributed by atoms with E-state index < -0.39 is 54.5 Å². The second kappa shape index (κ2) is 15.3. The molecule has 0 spiro atoms. The summed E-state index contributed by atoms with van der Waals surface area (Å²) < 4.78 is 0. The van der Waals surface area contributed by atoms with E-state index in [0.29, 0.717) is 18.6 Å². The highest BCUT2D eigenvalue weighted by molar-refractivity contribution is 7.98. The van der Waals surface area contributed by atoms with E-state index >= 15 is 0 Å². The first-order valence-electron chi connectivity index (χ1n) is 9.58. The lowest BCUT2D eigenvalue weighted by Gasteiger charge is -2.23. The number of carboxylic acid groups (broad SMARTS) is 1. The van der Waals surface area contributed by atoms with Gasteiger partial charge in [0.05, 0.1) is 12.6 Å². The van der Waals surface area contributed by atoms with E-state index in [1.54, 1.807) is 0 Å². The van der Waals surface area contributed by atoms with Gasteiger partial charge < -0.3 is 43.4 Å². The molecule has 4 atom stereocenters. The van der Waals surface area contributed by atoms with Gasteiger partial charge in [0.15, 0.2) is 5.96 Å². The van der Waals surface area contributed by atoms with E-state index in [-0.39, 0.29) is 18.9 Å². The van der Waals surface area contributed by atoms with Crippen LogP contribution in [-0.4, -0.2) is 89.2 Å². The van der Waals surface area contributed by atoms with Gasteiger partial charge in [0.2, 0.25) is 17.7 Å². The maximum Gasteiger partial charge on any atom is 0.325 e. The fourth-order valence-corrected chi connectivity index (χ4v) is 2.76. The average Bonchev–Trinajstić information content (AvgIpc) is 2.71. The molecule has 11 N–H and O–H groups in total. The lowest BCUT2D eigenvalue weighted by molar-refractivity contribution is -0.141. The summed E-state index contributed by atoms with van der Waals surface area (Å²) in [7, 11) is 0. The number of amides is 3. The van der Waals surface area contributed by atoms with E-state index in [4.69, 9.17) is 22.3 Å². The molecule has 0 aromatic rings. The van der Waals surface area contributed by atoms with Crippen LogP contribution in [0.15, 0.2) is 4.99 Å². The molecule has 0 aromatic carbocycles. The first kappa shape index (κ1) is 28.4. The summed E-state index contributed by atoms with van der Waals surface area (Å²) in [6, 6.07) is -4.52. The number of aliphatic hydroxyl groups excluding tert-OH is 1. The van der Waals surface area contributed by atoms with Gasteiger partial charge in [-0.15, -0.1) is 0 Å². The summed E-state index contributed by atoms with van der Waals surface area (Å²) in [6.45, 7) is 0.729. The van der Waals surface area contributed by atoms with E-state index in [2.05, 4.69) is 20.9 Å². The fraction of sp³-hybridized carbons (Fsp3) is 0.706. The minimum Gasteiger partial charge on any atom is -0.480 e. The number of aliphatic imine (C=N–C) groups is 1. The number of carbonyl (C=O) groups is 4. The minimum absolute atomic E-state index is 0.0834. The molecule has 0 aliphatic heterocycles. The number of aliphatic hydroxyl groups is 1. The van der Waals surface area contributed by atoms with Crippen LogP contribution >= 0.6 is 11.8 Å². The van der Waals surface area contributed by atoms with E-state index in [1.165, 1.54) is 18.7 Å². The van der Waals surface area contributed by atoms with Crippen molar-refractivity contribution >= 4 is 41.4 Å². The van der Waals surface area contributed by atoms with Gasteiger partial charge >= 0.3 is 5.97 Å². The van der Waals surface area contributed by atoms with E-state index in [1.807, 2.05) is 6.26 Å². The van der Waals surface area contributed by atoms with Crippen LogP contribution in [0.25, 0.3) is 0 Å². The number of carboxylic acids is 1. The Balaban J connectivity index is 5.13. The molecular formula is C17H33N7O6S. The number of thioether (sulfide) groups is 1. The number of hydrogen-bond donors (Lipinski definition) is 8. The van der Waals surface area contributed by atoms with Crippen LogP contribution in [0, 0.1) is 0 Å². The van der Waals surface area contributed by atoms with Crippen LogP contribution in [0.3, 0.4) is 0 Å². The van der Waals surface area contributed by atoms with Crippen molar-refractivity contribution in [2.24, 2.45) is 22.2 Å². The lowest BCUT2D eigenvalue weighted by atomic mass is 10.1. The summed E-state index contributed by atoms with van der Waals surface area (Å²) in [4.78, 5) is 51.8. The van der Waals surface area contributed by atoms with Crippen molar-refractivity contribution in [1.29, 1.82) is 0 Å². The van der Waals surface area contributed by atoms with Crippen molar-refractivity contribution in [3.8, 4) is 0 Å². The Kier molecular flexibility index (Phi) is 14.0. The zero-order valence-electron chi connectivity index (χ0n) is 17.7. The maximum absolute atomic E-state index is 12.5. The second-order valence-electron chi connectivity index (χ2n) is 6.71. The number of guanidine groups is 1. The molecule has 0 radical (unpaired) electrons. The molecule has 0 bridgehead atoms. The molecular weight excluding hydrogens is 430 g/mol. The van der Waals surface area contributed by atoms with Crippen LogP contribution < -0.4 is 33.2 Å². The molecule has 0 saturated carbocycles. The lowest BCUT2D eigenvalue weighted by Crippen LogP contribution is -2.57. The summed E-state index contributed by atoms with van der Waals surface area (Å²) in [6.07, 6.45) is 2.63. The van der Waals surface area contributed by atoms with Crippen LogP contribution in [0.2, 0.25) is 0 Å². The largest absolute Gasteiger partial charge is 0.480 e. The van der Waals surface area contributed by atoms with Crippen molar-refractivity contribution in [3.63, 3.8) is 0 Å². The summed E-state index contributed by atoms with van der Waals surface area (Å²) in [5.41, 5.74) is 16.2. The zero-order valence-corrected chi connectivity index (χ0v) is 18.5. The van der Waals surface area contributed by atoms with Crippen molar-refractivity contribution in [2.75, 3.05) is 25.2 Å². The molecule has 0 aliphatic carbocycles. The molecule has 14 heteroatoms. The third-order valence-electron chi connectivity index (χ3n) is 4.09. The minimum atomic E-state index is -1.34. The van der Waals surface area contributed by atoms with Crippen LogP contribution in [0.1, 0.15) is 26.2 Å². The molecule has 0 heterocycles. The van der Waals surface area contributed by atoms with Crippen LogP contribution in [-0.2, 0) is 19.2 Å². The Morgan fingerprint density at radius 1 is 1.00 bits per heavy atom. The van der Waals surface area contributed by atoms with Gasteiger partial charge in [0.1, 0.15) is 18.1 Å². The normalized spacial score (nSPS) is 14.5. The molecule has 0 aliphatic rings. The number of aliphatic carboxylic acids is 1. The van der Waals surface area contributed by atoms with Crippen LogP contribution in [0.5, 0.6) is 0 Å². The van der Waals surface area contributed by atoms with E-state index in [9.17, 15) is 24.3 Å². The second-order valence-corrected chi connectivity index (χ2v) is 7.70. The van der Waals surface area contributed by atoms with Gasteiger partial charge in [-0.2, -0.15) is 11.8 Å². The molecule has 0 saturated heterocycles. The maximum atomic E-state index is 12.5. The highest BCUT2D eigenvalue weighted by Crippen LogP contribution is 2.02. The Morgan fingerprint density at radius 3 is 2.10 bits per heavy atom. The molecule has 0 aromatic heterocycles. The Morgan fingerprint density at radius 2 is 1.58 bits per heavy atom. The third-order valence-corrected chi connectivity index (χ3v) is 4.74. The summed E-state index contributed by atoms with van der Waals surface area (Å²) in [5.74, 6) is -2.92. The van der Waals surface area contributed by atoms with Crippen molar-refractivity contribution in [2.45, 2.75) is 50.4 Å². The average molecular weight is 464 g/mol. The number of carbonyl (C=O) groups excluding carboxylic acids is 3. The van der Waals surface area contributed by atoms with Crippen LogP contribution in [0.4, 0.5) is 0 Å². The van der Waals surface area contributed by atoms with Gasteiger partial charge in [0, 0.05) is 6.54 Å². The highest BCUT2D eigenvalue weighted by atomic mass is 32.2. The summed E-state index contributed by atoms with van der Waals surface area (Å²) >= 11 is 1.51. The molecule has 31 heavy (non-hydrogen) atoms. The molecule has 0 fully saturated rings. The van der Waals surface area contributed by atoms with Crippen molar-refractivity contribution in [3.05, 3.63) is 0 Å². The number of nitrogens with two attached hydrogens (primary N) is 3. The highest BCUT2D eigenvalue weighted by Gasteiger charge is 2.28. The van der Waals surface area contributed by atoms with Gasteiger partial charge in [-0.1, -0.05) is 0 Å². The van der Waals surface area contributed by atoms with Crippen molar-refractivity contribution < 1.29 is 29.4 Å². The Hall–Kier alpha value is -2.58. The van der Waals surface area contributed by atoms with E-state index in [0.717, 1.165) is 0 Å². The predicted octanol–water partition coefficient (Wildman–Crippen LogP) is -3.33. The van der Waals surface area contributed by atoms with Gasteiger partial charge in [-0.25, -0.2) is 0 Å². The number of nitrogens with zero attached hydrogens (tertiary/aromatic N) is 1. The standard InChI is InChI=1S/C17H33N7O6S/c1-9(16(29)30)22-14(27)11(4-3-6-21-17(19)20)23-15(28)12(8-25)24-13(26)10(18)5-7-31-2/h9-12,25H,3-8,18H2,1-2H3,(H,22,27)(H,23,28)(H,24,26)(H,29,30)(H4,19,20,21). The molecule has 13 nitrogen and oxygen atoms in total. The third kappa shape index (κ3) is 12.0. The zero-order chi connectivity index (χ0) is 24.0. The number of hydrogen-bond acceptors (Lipinski definition) is 8. The topological polar surface area (TPSA) is 235 Å².